The molecule has 1 saturated heterocycles. The summed E-state index contributed by atoms with van der Waals surface area (Å²) < 4.78 is 22.9. The monoisotopic (exact) mass is 368 g/mol. The molecular formula is C20H17FN2O4. The lowest BCUT2D eigenvalue weighted by Crippen LogP contribution is -2.29. The summed E-state index contributed by atoms with van der Waals surface area (Å²) in [6, 6.07) is 12.6. The van der Waals surface area contributed by atoms with Gasteiger partial charge in [-0.15, -0.1) is 0 Å². The predicted octanol–water partition coefficient (Wildman–Crippen LogP) is 2.33. The Balaban J connectivity index is 1.42. The Kier molecular flexibility index (Phi) is 5.90. The number of nitrogens with zero attached hydrogens (tertiary/aromatic N) is 1. The van der Waals surface area contributed by atoms with Crippen LogP contribution in [-0.2, 0) is 9.53 Å². The maximum absolute atomic E-state index is 12.8. The SMILES string of the molecule is O=C(COc1ccc(F)cc1)NCC#Cc1ccc(N2CCOC2=O)cc1. The zero-order chi connectivity index (χ0) is 19.1. The number of hydrogen-bond acceptors (Lipinski definition) is 4. The fourth-order valence-electron chi connectivity index (χ4n) is 2.37. The zero-order valence-corrected chi connectivity index (χ0v) is 14.4. The zero-order valence-electron chi connectivity index (χ0n) is 14.4. The van der Waals surface area contributed by atoms with Crippen LogP contribution in [-0.4, -0.2) is 38.3 Å². The number of ether oxygens (including phenoxy) is 2. The van der Waals surface area contributed by atoms with Crippen LogP contribution in [0, 0.1) is 17.7 Å². The highest BCUT2D eigenvalue weighted by molar-refractivity contribution is 5.89. The summed E-state index contributed by atoms with van der Waals surface area (Å²) >= 11 is 0. The lowest BCUT2D eigenvalue weighted by Gasteiger charge is -2.11. The molecule has 7 heteroatoms. The van der Waals surface area contributed by atoms with E-state index in [1.165, 1.54) is 24.3 Å². The third kappa shape index (κ3) is 5.22. The molecule has 6 nitrogen and oxygen atoms in total. The summed E-state index contributed by atoms with van der Waals surface area (Å²) in [5.74, 6) is 5.50. The first kappa shape index (κ1) is 18.3. The molecule has 1 aliphatic rings. The van der Waals surface area contributed by atoms with Crippen molar-refractivity contribution in [3.05, 3.63) is 59.9 Å². The van der Waals surface area contributed by atoms with E-state index in [0.29, 0.717) is 18.9 Å². The number of benzene rings is 2. The van der Waals surface area contributed by atoms with Crippen LogP contribution in [0.3, 0.4) is 0 Å². The van der Waals surface area contributed by atoms with E-state index in [1.54, 1.807) is 29.2 Å². The molecule has 27 heavy (non-hydrogen) atoms. The van der Waals surface area contributed by atoms with E-state index in [4.69, 9.17) is 9.47 Å². The minimum atomic E-state index is -0.365. The molecular weight excluding hydrogens is 351 g/mol. The van der Waals surface area contributed by atoms with Crippen LogP contribution in [0.1, 0.15) is 5.56 Å². The van der Waals surface area contributed by atoms with Crippen molar-refractivity contribution in [2.75, 3.05) is 31.2 Å². The first-order chi connectivity index (χ1) is 13.1. The topological polar surface area (TPSA) is 67.9 Å². The standard InChI is InChI=1S/C20H17FN2O4/c21-16-5-9-18(10-6-16)27-14-19(24)22-11-1-2-15-3-7-17(8-4-15)23-12-13-26-20(23)25/h3-10H,11-14H2,(H,22,24). The van der Waals surface area contributed by atoms with Crippen molar-refractivity contribution >= 4 is 17.7 Å². The van der Waals surface area contributed by atoms with E-state index in [0.717, 1.165) is 11.3 Å². The number of halogens is 1. The largest absolute Gasteiger partial charge is 0.484 e. The van der Waals surface area contributed by atoms with Gasteiger partial charge in [0.15, 0.2) is 6.61 Å². The van der Waals surface area contributed by atoms with Crippen LogP contribution in [0.25, 0.3) is 0 Å². The molecule has 0 aliphatic carbocycles. The molecule has 1 aliphatic heterocycles. The molecule has 138 valence electrons. The molecule has 0 bridgehead atoms. The highest BCUT2D eigenvalue weighted by Crippen LogP contribution is 2.18. The second kappa shape index (κ2) is 8.72. The van der Waals surface area contributed by atoms with E-state index in [9.17, 15) is 14.0 Å². The predicted molar refractivity (Wildman–Crippen MR) is 96.9 cm³/mol. The Morgan fingerprint density at radius 2 is 1.93 bits per heavy atom. The fourth-order valence-corrected chi connectivity index (χ4v) is 2.37. The second-order valence-electron chi connectivity index (χ2n) is 5.63. The molecule has 0 saturated carbocycles. The minimum absolute atomic E-state index is 0.172. The van der Waals surface area contributed by atoms with Crippen molar-refractivity contribution in [3.8, 4) is 17.6 Å². The lowest BCUT2D eigenvalue weighted by atomic mass is 10.2. The summed E-state index contributed by atoms with van der Waals surface area (Å²) in [6.07, 6.45) is -0.348. The Morgan fingerprint density at radius 3 is 2.59 bits per heavy atom. The molecule has 2 aromatic rings. The van der Waals surface area contributed by atoms with E-state index in [-0.39, 0.29) is 31.0 Å². The second-order valence-corrected chi connectivity index (χ2v) is 5.63. The van der Waals surface area contributed by atoms with Gasteiger partial charge in [0, 0.05) is 11.3 Å². The van der Waals surface area contributed by atoms with Crippen molar-refractivity contribution in [3.63, 3.8) is 0 Å². The molecule has 0 atom stereocenters. The average Bonchev–Trinajstić information content (AvgIpc) is 3.11. The van der Waals surface area contributed by atoms with Crippen LogP contribution >= 0.6 is 0 Å². The molecule has 0 unspecified atom stereocenters. The van der Waals surface area contributed by atoms with Crippen molar-refractivity contribution in [1.29, 1.82) is 0 Å². The van der Waals surface area contributed by atoms with Gasteiger partial charge in [0.05, 0.1) is 13.1 Å². The van der Waals surface area contributed by atoms with Gasteiger partial charge in [0.2, 0.25) is 0 Å². The third-order valence-electron chi connectivity index (χ3n) is 3.73. The van der Waals surface area contributed by atoms with Crippen molar-refractivity contribution < 1.29 is 23.5 Å². The number of hydrogen-bond donors (Lipinski definition) is 1. The van der Waals surface area contributed by atoms with Crippen LogP contribution in [0.5, 0.6) is 5.75 Å². The summed E-state index contributed by atoms with van der Waals surface area (Å²) in [5.41, 5.74) is 1.53. The Morgan fingerprint density at radius 1 is 1.19 bits per heavy atom. The molecule has 0 aromatic heterocycles. The van der Waals surface area contributed by atoms with E-state index < -0.39 is 0 Å². The van der Waals surface area contributed by atoms with Crippen LogP contribution in [0.4, 0.5) is 14.9 Å². The van der Waals surface area contributed by atoms with Crippen molar-refractivity contribution in [2.24, 2.45) is 0 Å². The maximum atomic E-state index is 12.8. The van der Waals surface area contributed by atoms with E-state index in [1.807, 2.05) is 0 Å². The Bertz CT molecular complexity index is 870. The van der Waals surface area contributed by atoms with E-state index in [2.05, 4.69) is 17.2 Å². The van der Waals surface area contributed by atoms with Gasteiger partial charge in [-0.25, -0.2) is 9.18 Å². The number of carbonyl (C=O) groups excluding carboxylic acids is 2. The Hall–Kier alpha value is -3.53. The summed E-state index contributed by atoms with van der Waals surface area (Å²) in [7, 11) is 0. The normalized spacial score (nSPS) is 12.8. The van der Waals surface area contributed by atoms with Crippen molar-refractivity contribution in [1.82, 2.24) is 5.32 Å². The molecule has 3 rings (SSSR count). The summed E-state index contributed by atoms with van der Waals surface area (Å²) in [4.78, 5) is 24.7. The number of nitrogens with one attached hydrogen (secondary N) is 1. The lowest BCUT2D eigenvalue weighted by molar-refractivity contribution is -0.122. The van der Waals surface area contributed by atoms with E-state index >= 15 is 0 Å². The van der Waals surface area contributed by atoms with Gasteiger partial charge >= 0.3 is 6.09 Å². The molecule has 1 N–H and O–H groups in total. The fraction of sp³-hybridized carbons (Fsp3) is 0.200. The molecule has 1 heterocycles. The smallest absolute Gasteiger partial charge is 0.414 e. The van der Waals surface area contributed by atoms with Gasteiger partial charge in [0.25, 0.3) is 5.91 Å². The quantitative estimate of drug-likeness (QED) is 0.823. The van der Waals surface area contributed by atoms with Crippen LogP contribution in [0.2, 0.25) is 0 Å². The highest BCUT2D eigenvalue weighted by atomic mass is 19.1. The number of carbonyl (C=O) groups is 2. The van der Waals surface area contributed by atoms with Gasteiger partial charge in [-0.3, -0.25) is 9.69 Å². The van der Waals surface area contributed by atoms with Gasteiger partial charge < -0.3 is 14.8 Å². The number of rotatable bonds is 5. The minimum Gasteiger partial charge on any atom is -0.484 e. The molecule has 0 spiro atoms. The number of cyclic esters (lactones) is 1. The van der Waals surface area contributed by atoms with Crippen molar-refractivity contribution in [2.45, 2.75) is 0 Å². The summed E-state index contributed by atoms with van der Waals surface area (Å²) in [5, 5.41) is 2.62. The summed E-state index contributed by atoms with van der Waals surface area (Å²) in [6.45, 7) is 0.931. The third-order valence-corrected chi connectivity index (χ3v) is 3.73. The molecule has 2 amide bonds. The van der Waals surface area contributed by atoms with Crippen LogP contribution in [0.15, 0.2) is 48.5 Å². The Labute approximate surface area is 155 Å². The van der Waals surface area contributed by atoms with Gasteiger partial charge in [-0.2, -0.15) is 0 Å². The van der Waals surface area contributed by atoms with Gasteiger partial charge in [0.1, 0.15) is 18.2 Å². The molecule has 2 aromatic carbocycles. The molecule has 0 radical (unpaired) electrons. The first-order valence-corrected chi connectivity index (χ1v) is 8.30. The maximum Gasteiger partial charge on any atom is 0.414 e. The number of amides is 2. The van der Waals surface area contributed by atoms with Crippen LogP contribution < -0.4 is 15.0 Å². The first-order valence-electron chi connectivity index (χ1n) is 8.30. The number of anilines is 1. The van der Waals surface area contributed by atoms with Gasteiger partial charge in [-0.05, 0) is 48.5 Å². The molecule has 1 fully saturated rings. The average molecular weight is 368 g/mol. The van der Waals surface area contributed by atoms with Gasteiger partial charge in [-0.1, -0.05) is 11.8 Å². The highest BCUT2D eigenvalue weighted by Gasteiger charge is 2.23.